The average Bonchev–Trinajstić information content (AvgIpc) is 3.00. The Hall–Kier alpha value is -2.85. The third-order valence-corrected chi connectivity index (χ3v) is 3.99. The Balaban J connectivity index is 1.93. The number of ether oxygens (including phenoxy) is 1. The predicted octanol–water partition coefficient (Wildman–Crippen LogP) is 0.984. The summed E-state index contributed by atoms with van der Waals surface area (Å²) in [7, 11) is 0. The molecule has 0 aliphatic carbocycles. The quantitative estimate of drug-likeness (QED) is 0.824. The topological polar surface area (TPSA) is 103 Å². The third-order valence-electron chi connectivity index (χ3n) is 3.99. The first-order valence-corrected chi connectivity index (χ1v) is 7.73. The van der Waals surface area contributed by atoms with Crippen molar-refractivity contribution in [2.75, 3.05) is 19.7 Å². The number of hydrogen-bond acceptors (Lipinski definition) is 6. The zero-order valence-electron chi connectivity index (χ0n) is 14.0. The zero-order chi connectivity index (χ0) is 19.1. The van der Waals surface area contributed by atoms with Crippen molar-refractivity contribution in [3.05, 3.63) is 44.4 Å². The molecule has 0 unspecified atom stereocenters. The van der Waals surface area contributed by atoms with Crippen LogP contribution in [0.1, 0.15) is 19.4 Å². The van der Waals surface area contributed by atoms with Crippen LogP contribution in [0.5, 0.6) is 0 Å². The fraction of sp³-hybridized carbons (Fsp3) is 0.467. The molecule has 1 aromatic heterocycles. The molecule has 0 amide bonds. The maximum Gasteiger partial charge on any atom is 0.397 e. The third kappa shape index (κ3) is 3.28. The lowest BCUT2D eigenvalue weighted by atomic mass is 9.94. The van der Waals surface area contributed by atoms with Gasteiger partial charge in [-0.05, 0) is 13.8 Å². The molecule has 0 bridgehead atoms. The highest BCUT2D eigenvalue weighted by atomic mass is 19.4. The van der Waals surface area contributed by atoms with Gasteiger partial charge in [0.15, 0.2) is 11.6 Å². The molecule has 2 aliphatic heterocycles. The Bertz CT molecular complexity index is 923. The lowest BCUT2D eigenvalue weighted by Crippen LogP contribution is -2.38. The number of aliphatic imine (C=N–C) groups is 1. The van der Waals surface area contributed by atoms with Gasteiger partial charge in [0.05, 0.1) is 24.1 Å². The highest BCUT2D eigenvalue weighted by Crippen LogP contribution is 2.38. The highest BCUT2D eigenvalue weighted by molar-refractivity contribution is 6.15. The number of allylic oxidation sites excluding steroid dienone is 1. The second-order valence-corrected chi connectivity index (χ2v) is 6.48. The molecule has 8 nitrogen and oxygen atoms in total. The largest absolute Gasteiger partial charge is 0.489 e. The van der Waals surface area contributed by atoms with E-state index in [1.807, 2.05) is 0 Å². The first-order valence-electron chi connectivity index (χ1n) is 7.73. The molecule has 140 valence electrons. The van der Waals surface area contributed by atoms with Crippen LogP contribution >= 0.6 is 0 Å². The molecule has 26 heavy (non-hydrogen) atoms. The van der Waals surface area contributed by atoms with E-state index in [4.69, 9.17) is 4.74 Å². The first-order chi connectivity index (χ1) is 12.1. The van der Waals surface area contributed by atoms with E-state index in [9.17, 15) is 22.8 Å². The summed E-state index contributed by atoms with van der Waals surface area (Å²) in [5, 5.41) is 5.70. The summed E-state index contributed by atoms with van der Waals surface area (Å²) in [6.07, 6.45) is -1.91. The van der Waals surface area contributed by atoms with Gasteiger partial charge in [-0.3, -0.25) is 14.8 Å². The molecular weight excluding hydrogens is 355 g/mol. The van der Waals surface area contributed by atoms with E-state index in [0.29, 0.717) is 18.9 Å². The van der Waals surface area contributed by atoms with Gasteiger partial charge >= 0.3 is 11.9 Å². The van der Waals surface area contributed by atoms with Crippen molar-refractivity contribution >= 4 is 11.5 Å². The minimum absolute atomic E-state index is 0.0618. The van der Waals surface area contributed by atoms with Crippen LogP contribution in [0, 0.1) is 5.41 Å². The molecule has 0 aromatic carbocycles. The number of nitrogens with one attached hydrogen (secondary N) is 2. The number of H-pyrrole nitrogens is 2. The molecule has 0 fully saturated rings. The van der Waals surface area contributed by atoms with E-state index in [1.165, 1.54) is 17.3 Å². The molecule has 0 atom stereocenters. The normalized spacial score (nSPS) is 17.4. The summed E-state index contributed by atoms with van der Waals surface area (Å²) in [6, 6.07) is 0. The van der Waals surface area contributed by atoms with E-state index in [-0.39, 0.29) is 17.0 Å². The van der Waals surface area contributed by atoms with Crippen LogP contribution in [0.4, 0.5) is 13.2 Å². The van der Waals surface area contributed by atoms with E-state index < -0.39 is 29.4 Å². The Morgan fingerprint density at radius 2 is 2.04 bits per heavy atom. The van der Waals surface area contributed by atoms with E-state index >= 15 is 0 Å². The lowest BCUT2D eigenvalue weighted by molar-refractivity contribution is -0.223. The van der Waals surface area contributed by atoms with Gasteiger partial charge in [0.2, 0.25) is 0 Å². The summed E-state index contributed by atoms with van der Waals surface area (Å²) in [6.45, 7) is 2.25. The summed E-state index contributed by atoms with van der Waals surface area (Å²) < 4.78 is 44.5. The number of nitrogens with zero attached hydrogens (tertiary/aromatic N) is 3. The molecule has 0 saturated heterocycles. The Morgan fingerprint density at radius 1 is 1.31 bits per heavy atom. The monoisotopic (exact) mass is 371 g/mol. The maximum absolute atomic E-state index is 13.0. The van der Waals surface area contributed by atoms with Gasteiger partial charge in [-0.25, -0.2) is 9.80 Å². The van der Waals surface area contributed by atoms with Crippen LogP contribution in [-0.2, 0) is 4.74 Å². The number of hydrazone groups is 1. The first kappa shape index (κ1) is 18.0. The van der Waals surface area contributed by atoms with Crippen molar-refractivity contribution in [2.24, 2.45) is 15.5 Å². The van der Waals surface area contributed by atoms with Gasteiger partial charge in [0, 0.05) is 12.3 Å². The van der Waals surface area contributed by atoms with Crippen molar-refractivity contribution in [2.45, 2.75) is 20.0 Å². The number of aromatic amines is 2. The highest BCUT2D eigenvalue weighted by Gasteiger charge is 2.48. The maximum atomic E-state index is 13.0. The van der Waals surface area contributed by atoms with E-state index in [2.05, 4.69) is 20.1 Å². The fourth-order valence-electron chi connectivity index (χ4n) is 2.27. The standard InChI is InChI=1S/C15H16F3N5O3/c1-14(2,15(16,17)18)7-26-10-5-9(22-23-4-3-19-11(10)23)8-6-20-13(25)21-12(8)24/h5-6H,3-4,7H2,1-2H3,(H2,20,21,24,25). The second kappa shape index (κ2) is 6.15. The van der Waals surface area contributed by atoms with Gasteiger partial charge in [-0.15, -0.1) is 0 Å². The number of alkyl halides is 3. The lowest BCUT2D eigenvalue weighted by Gasteiger charge is -2.29. The summed E-state index contributed by atoms with van der Waals surface area (Å²) in [5.74, 6) is 0.406. The molecule has 3 rings (SSSR count). The molecule has 2 N–H and O–H groups in total. The van der Waals surface area contributed by atoms with Crippen LogP contribution in [0.25, 0.3) is 0 Å². The van der Waals surface area contributed by atoms with Crippen LogP contribution in [0.2, 0.25) is 0 Å². The number of fused-ring (bicyclic) bond motifs is 1. The summed E-state index contributed by atoms with van der Waals surface area (Å²) in [5.41, 5.74) is -3.19. The molecule has 0 saturated carbocycles. The van der Waals surface area contributed by atoms with Crippen LogP contribution in [0.15, 0.2) is 37.7 Å². The van der Waals surface area contributed by atoms with E-state index in [1.54, 1.807) is 0 Å². The van der Waals surface area contributed by atoms with Crippen LogP contribution in [-0.4, -0.2) is 52.4 Å². The molecule has 3 heterocycles. The van der Waals surface area contributed by atoms with Gasteiger partial charge in [0.1, 0.15) is 12.3 Å². The molecule has 0 radical (unpaired) electrons. The summed E-state index contributed by atoms with van der Waals surface area (Å²) >= 11 is 0. The van der Waals surface area contributed by atoms with Crippen LogP contribution < -0.4 is 11.2 Å². The predicted molar refractivity (Wildman–Crippen MR) is 87.1 cm³/mol. The van der Waals surface area contributed by atoms with Gasteiger partial charge in [0.25, 0.3) is 5.56 Å². The molecule has 11 heteroatoms. The number of aromatic nitrogens is 2. The summed E-state index contributed by atoms with van der Waals surface area (Å²) in [4.78, 5) is 31.7. The number of rotatable bonds is 4. The second-order valence-electron chi connectivity index (χ2n) is 6.48. The molecule has 0 spiro atoms. The number of amidine groups is 1. The fourth-order valence-corrected chi connectivity index (χ4v) is 2.27. The van der Waals surface area contributed by atoms with Crippen molar-refractivity contribution in [3.8, 4) is 0 Å². The number of hydrogen-bond donors (Lipinski definition) is 2. The molecule has 2 aliphatic rings. The van der Waals surface area contributed by atoms with Gasteiger partial charge < -0.3 is 9.72 Å². The smallest absolute Gasteiger partial charge is 0.397 e. The van der Waals surface area contributed by atoms with Crippen LogP contribution in [0.3, 0.4) is 0 Å². The minimum atomic E-state index is -4.44. The Labute approximate surface area is 145 Å². The van der Waals surface area contributed by atoms with Gasteiger partial charge in [-0.1, -0.05) is 0 Å². The Morgan fingerprint density at radius 3 is 2.69 bits per heavy atom. The zero-order valence-corrected chi connectivity index (χ0v) is 14.0. The Kier molecular flexibility index (Phi) is 4.24. The van der Waals surface area contributed by atoms with E-state index in [0.717, 1.165) is 13.8 Å². The molecular formula is C15H16F3N5O3. The molecule has 1 aromatic rings. The average molecular weight is 371 g/mol. The SMILES string of the molecule is CC(C)(COC1=CC(c2c[nH]c(=O)[nH]c2=O)=NN2CCN=C12)C(F)(F)F. The van der Waals surface area contributed by atoms with Crippen molar-refractivity contribution in [1.82, 2.24) is 15.0 Å². The van der Waals surface area contributed by atoms with Crippen molar-refractivity contribution in [1.29, 1.82) is 0 Å². The van der Waals surface area contributed by atoms with Crippen molar-refractivity contribution in [3.63, 3.8) is 0 Å². The van der Waals surface area contributed by atoms with Gasteiger partial charge in [-0.2, -0.15) is 18.3 Å². The number of halogens is 3. The van der Waals surface area contributed by atoms with Crippen molar-refractivity contribution < 1.29 is 17.9 Å². The minimum Gasteiger partial charge on any atom is -0.489 e.